The van der Waals surface area contributed by atoms with E-state index in [1.807, 2.05) is 19.1 Å². The normalized spacial score (nSPS) is 14.4. The van der Waals surface area contributed by atoms with Crippen molar-refractivity contribution in [2.24, 2.45) is 4.99 Å². The zero-order valence-electron chi connectivity index (χ0n) is 17.5. The van der Waals surface area contributed by atoms with Crippen LogP contribution in [0.1, 0.15) is 29.7 Å². The fraction of sp³-hybridized carbons (Fsp3) is 0.409. The molecule has 2 aromatic rings. The van der Waals surface area contributed by atoms with Crippen LogP contribution in [0, 0.1) is 5.82 Å². The van der Waals surface area contributed by atoms with E-state index >= 15 is 0 Å². The molecule has 1 unspecified atom stereocenters. The second kappa shape index (κ2) is 11.4. The van der Waals surface area contributed by atoms with Crippen LogP contribution in [-0.2, 0) is 13.0 Å². The SMILES string of the molecule is CCNC(=NCC(O)c1ccccc1F)N1CCc2cc(OC)c(OC)cc2C1.I. The standard InChI is InChI=1S/C22H28FN3O3.HI/c1-4-24-22(25-13-19(27)17-7-5-6-8-18(17)23)26-10-9-15-11-20(28-2)21(29-3)12-16(15)14-26;/h5-8,11-12,19,27H,4,9-10,13-14H2,1-3H3,(H,24,25);1H. The Hall–Kier alpha value is -2.07. The molecule has 8 heteroatoms. The summed E-state index contributed by atoms with van der Waals surface area (Å²) >= 11 is 0. The number of methoxy groups -OCH3 is 2. The molecule has 1 atom stereocenters. The van der Waals surface area contributed by atoms with Crippen LogP contribution >= 0.6 is 24.0 Å². The summed E-state index contributed by atoms with van der Waals surface area (Å²) in [6.07, 6.45) is -0.151. The topological polar surface area (TPSA) is 66.3 Å². The van der Waals surface area contributed by atoms with Crippen LogP contribution in [-0.4, -0.2) is 49.8 Å². The minimum Gasteiger partial charge on any atom is -0.493 e. The Morgan fingerprint density at radius 3 is 2.50 bits per heavy atom. The number of benzene rings is 2. The van der Waals surface area contributed by atoms with Crippen LogP contribution in [0.2, 0.25) is 0 Å². The summed E-state index contributed by atoms with van der Waals surface area (Å²) in [5.74, 6) is 1.70. The zero-order valence-corrected chi connectivity index (χ0v) is 19.9. The van der Waals surface area contributed by atoms with Gasteiger partial charge in [0.1, 0.15) is 11.9 Å². The second-order valence-electron chi connectivity index (χ2n) is 6.88. The summed E-state index contributed by atoms with van der Waals surface area (Å²) in [6.45, 7) is 4.22. The Morgan fingerprint density at radius 1 is 1.20 bits per heavy atom. The molecule has 164 valence electrons. The lowest BCUT2D eigenvalue weighted by molar-refractivity contribution is 0.181. The minimum atomic E-state index is -0.994. The van der Waals surface area contributed by atoms with Crippen molar-refractivity contribution in [3.05, 3.63) is 58.9 Å². The van der Waals surface area contributed by atoms with Gasteiger partial charge in [0.25, 0.3) is 0 Å². The smallest absolute Gasteiger partial charge is 0.194 e. The molecule has 0 amide bonds. The van der Waals surface area contributed by atoms with E-state index in [1.54, 1.807) is 32.4 Å². The van der Waals surface area contributed by atoms with Crippen LogP contribution in [0.4, 0.5) is 4.39 Å². The fourth-order valence-corrected chi connectivity index (χ4v) is 3.51. The van der Waals surface area contributed by atoms with Crippen molar-refractivity contribution in [3.8, 4) is 11.5 Å². The largest absolute Gasteiger partial charge is 0.493 e. The number of hydrogen-bond donors (Lipinski definition) is 2. The zero-order chi connectivity index (χ0) is 20.8. The highest BCUT2D eigenvalue weighted by Gasteiger charge is 2.22. The molecule has 0 bridgehead atoms. The van der Waals surface area contributed by atoms with Gasteiger partial charge in [-0.3, -0.25) is 4.99 Å². The van der Waals surface area contributed by atoms with Crippen LogP contribution < -0.4 is 14.8 Å². The van der Waals surface area contributed by atoms with E-state index in [4.69, 9.17) is 9.47 Å². The van der Waals surface area contributed by atoms with E-state index in [0.717, 1.165) is 24.3 Å². The number of nitrogens with one attached hydrogen (secondary N) is 1. The molecule has 0 radical (unpaired) electrons. The number of nitrogens with zero attached hydrogens (tertiary/aromatic N) is 2. The van der Waals surface area contributed by atoms with Crippen LogP contribution in [0.5, 0.6) is 11.5 Å². The fourth-order valence-electron chi connectivity index (χ4n) is 3.51. The van der Waals surface area contributed by atoms with E-state index in [2.05, 4.69) is 15.2 Å². The first kappa shape index (κ1) is 24.2. The summed E-state index contributed by atoms with van der Waals surface area (Å²) in [4.78, 5) is 6.69. The molecule has 0 aromatic heterocycles. The molecule has 2 aromatic carbocycles. The van der Waals surface area contributed by atoms with Gasteiger partial charge in [0.2, 0.25) is 0 Å². The average molecular weight is 529 g/mol. The van der Waals surface area contributed by atoms with Gasteiger partial charge in [-0.25, -0.2) is 4.39 Å². The van der Waals surface area contributed by atoms with Crippen molar-refractivity contribution in [1.29, 1.82) is 0 Å². The highest BCUT2D eigenvalue weighted by atomic mass is 127. The lowest BCUT2D eigenvalue weighted by Gasteiger charge is -2.32. The molecular formula is C22H29FIN3O3. The molecule has 0 spiro atoms. The van der Waals surface area contributed by atoms with Gasteiger partial charge in [0.05, 0.1) is 20.8 Å². The number of ether oxygens (including phenoxy) is 2. The minimum absolute atomic E-state index is 0. The Balaban J connectivity index is 0.00000320. The maximum atomic E-state index is 13.9. The third-order valence-corrected chi connectivity index (χ3v) is 5.03. The first-order valence-electron chi connectivity index (χ1n) is 9.76. The van der Waals surface area contributed by atoms with E-state index < -0.39 is 11.9 Å². The van der Waals surface area contributed by atoms with Crippen molar-refractivity contribution in [3.63, 3.8) is 0 Å². The van der Waals surface area contributed by atoms with Gasteiger partial charge in [-0.1, -0.05) is 18.2 Å². The van der Waals surface area contributed by atoms with Crippen LogP contribution in [0.3, 0.4) is 0 Å². The first-order valence-corrected chi connectivity index (χ1v) is 9.76. The van der Waals surface area contributed by atoms with Gasteiger partial charge in [-0.05, 0) is 42.7 Å². The van der Waals surface area contributed by atoms with Gasteiger partial charge in [-0.2, -0.15) is 0 Å². The molecule has 1 aliphatic rings. The van der Waals surface area contributed by atoms with Crippen molar-refractivity contribution in [2.45, 2.75) is 26.0 Å². The van der Waals surface area contributed by atoms with Gasteiger partial charge in [0, 0.05) is 25.2 Å². The highest BCUT2D eigenvalue weighted by Crippen LogP contribution is 2.33. The molecule has 0 saturated carbocycles. The lowest BCUT2D eigenvalue weighted by atomic mass is 9.99. The lowest BCUT2D eigenvalue weighted by Crippen LogP contribution is -2.44. The summed E-state index contributed by atoms with van der Waals surface area (Å²) in [6, 6.07) is 10.3. The highest BCUT2D eigenvalue weighted by molar-refractivity contribution is 14.0. The number of aliphatic imine (C=N–C) groups is 1. The monoisotopic (exact) mass is 529 g/mol. The van der Waals surface area contributed by atoms with Crippen molar-refractivity contribution in [1.82, 2.24) is 10.2 Å². The van der Waals surface area contributed by atoms with E-state index in [9.17, 15) is 9.50 Å². The summed E-state index contributed by atoms with van der Waals surface area (Å²) in [5, 5.41) is 13.6. The Labute approximate surface area is 194 Å². The molecule has 0 aliphatic carbocycles. The Bertz CT molecular complexity index is 879. The number of rotatable bonds is 6. The van der Waals surface area contributed by atoms with Crippen molar-refractivity contribution in [2.75, 3.05) is 33.9 Å². The molecule has 1 heterocycles. The maximum absolute atomic E-state index is 13.9. The third kappa shape index (κ3) is 5.54. The number of halogens is 2. The number of aliphatic hydroxyl groups is 1. The Morgan fingerprint density at radius 2 is 1.87 bits per heavy atom. The number of fused-ring (bicyclic) bond motifs is 1. The predicted molar refractivity (Wildman–Crippen MR) is 126 cm³/mol. The van der Waals surface area contributed by atoms with Gasteiger partial charge < -0.3 is 24.8 Å². The average Bonchev–Trinajstić information content (AvgIpc) is 2.75. The van der Waals surface area contributed by atoms with Crippen LogP contribution in [0.15, 0.2) is 41.4 Å². The van der Waals surface area contributed by atoms with Crippen LogP contribution in [0.25, 0.3) is 0 Å². The van der Waals surface area contributed by atoms with Gasteiger partial charge in [-0.15, -0.1) is 24.0 Å². The quantitative estimate of drug-likeness (QED) is 0.341. The van der Waals surface area contributed by atoms with Crippen molar-refractivity contribution < 1.29 is 19.0 Å². The van der Waals surface area contributed by atoms with Crippen molar-refractivity contribution >= 4 is 29.9 Å². The van der Waals surface area contributed by atoms with Gasteiger partial charge >= 0.3 is 0 Å². The number of aliphatic hydroxyl groups excluding tert-OH is 1. The first-order chi connectivity index (χ1) is 14.1. The van der Waals surface area contributed by atoms with Gasteiger partial charge in [0.15, 0.2) is 17.5 Å². The number of guanidine groups is 1. The number of hydrogen-bond acceptors (Lipinski definition) is 4. The molecule has 2 N–H and O–H groups in total. The summed E-state index contributed by atoms with van der Waals surface area (Å²) in [7, 11) is 3.26. The molecule has 0 fully saturated rings. The third-order valence-electron chi connectivity index (χ3n) is 5.03. The molecule has 6 nitrogen and oxygen atoms in total. The molecular weight excluding hydrogens is 500 g/mol. The van der Waals surface area contributed by atoms with E-state index in [1.165, 1.54) is 11.6 Å². The molecule has 3 rings (SSSR count). The Kier molecular flexibility index (Phi) is 9.16. The molecule has 1 aliphatic heterocycles. The van der Waals surface area contributed by atoms with E-state index in [0.29, 0.717) is 24.8 Å². The predicted octanol–water partition coefficient (Wildman–Crippen LogP) is 3.52. The summed E-state index contributed by atoms with van der Waals surface area (Å²) < 4.78 is 24.7. The van der Waals surface area contributed by atoms with E-state index in [-0.39, 0.29) is 36.1 Å². The second-order valence-corrected chi connectivity index (χ2v) is 6.88. The molecule has 30 heavy (non-hydrogen) atoms. The summed E-state index contributed by atoms with van der Waals surface area (Å²) in [5.41, 5.74) is 2.63. The molecule has 0 saturated heterocycles. The maximum Gasteiger partial charge on any atom is 0.194 e.